The van der Waals surface area contributed by atoms with Crippen LogP contribution >= 0.6 is 0 Å². The maximum atomic E-state index is 13.0. The van der Waals surface area contributed by atoms with E-state index in [9.17, 15) is 18.3 Å². The van der Waals surface area contributed by atoms with Gasteiger partial charge in [-0.3, -0.25) is 4.98 Å². The summed E-state index contributed by atoms with van der Waals surface area (Å²) in [7, 11) is -2.30. The summed E-state index contributed by atoms with van der Waals surface area (Å²) in [5, 5.41) is 9.63. The van der Waals surface area contributed by atoms with Crippen molar-refractivity contribution in [2.75, 3.05) is 20.2 Å². The zero-order chi connectivity index (χ0) is 20.8. The number of aliphatic hydroxyl groups excluding tert-OH is 1. The zero-order valence-corrected chi connectivity index (χ0v) is 16.8. The summed E-state index contributed by atoms with van der Waals surface area (Å²) in [4.78, 5) is 23.6. The quantitative estimate of drug-likeness (QED) is 0.631. The van der Waals surface area contributed by atoms with Gasteiger partial charge in [0.1, 0.15) is 17.9 Å². The van der Waals surface area contributed by atoms with E-state index >= 15 is 0 Å². The van der Waals surface area contributed by atoms with Crippen molar-refractivity contribution in [3.05, 3.63) is 40.7 Å². The average Bonchev–Trinajstić information content (AvgIpc) is 3.09. The molecule has 2 N–H and O–H groups in total. The number of ether oxygens (including phenoxy) is 1. The van der Waals surface area contributed by atoms with Crippen LogP contribution in [0.5, 0.6) is 5.75 Å². The molecule has 0 bridgehead atoms. The number of methoxy groups -OCH3 is 1. The second-order valence-corrected chi connectivity index (χ2v) is 8.85. The molecular formula is C18H21N5O5S. The van der Waals surface area contributed by atoms with Crippen LogP contribution in [-0.2, 0) is 10.0 Å². The zero-order valence-electron chi connectivity index (χ0n) is 16.0. The van der Waals surface area contributed by atoms with Crippen LogP contribution in [0.1, 0.15) is 18.5 Å². The third kappa shape index (κ3) is 3.41. The standard InChI is InChI=1S/C18H21N5O5S/c1-11-17-20-16(21-18(25)23(17)10-19-11)14-4-3-13(9-15(14)28-2)29(26,27)22-7-5-12(24)6-8-22/h3-4,9-10,12,24H,5-8H2,1-2H3,(H,20,21,25). The van der Waals surface area contributed by atoms with Crippen LogP contribution in [0.15, 0.2) is 34.2 Å². The maximum absolute atomic E-state index is 13.0. The van der Waals surface area contributed by atoms with Gasteiger partial charge in [-0.15, -0.1) is 0 Å². The molecule has 0 aliphatic carbocycles. The van der Waals surface area contributed by atoms with Crippen LogP contribution in [-0.4, -0.2) is 63.5 Å². The van der Waals surface area contributed by atoms with Crippen molar-refractivity contribution in [3.63, 3.8) is 0 Å². The molecule has 0 unspecified atom stereocenters. The molecule has 1 saturated heterocycles. The fourth-order valence-corrected chi connectivity index (χ4v) is 4.88. The van der Waals surface area contributed by atoms with Gasteiger partial charge in [0.05, 0.1) is 29.4 Å². The molecule has 0 saturated carbocycles. The van der Waals surface area contributed by atoms with E-state index in [1.54, 1.807) is 13.0 Å². The molecule has 2 aromatic heterocycles. The van der Waals surface area contributed by atoms with E-state index in [4.69, 9.17) is 4.74 Å². The van der Waals surface area contributed by atoms with Gasteiger partial charge in [-0.05, 0) is 31.9 Å². The van der Waals surface area contributed by atoms with Crippen LogP contribution in [0.4, 0.5) is 0 Å². The first-order valence-electron chi connectivity index (χ1n) is 9.12. The second kappa shape index (κ2) is 7.25. The van der Waals surface area contributed by atoms with Crippen molar-refractivity contribution in [2.24, 2.45) is 0 Å². The molecule has 154 valence electrons. The van der Waals surface area contributed by atoms with Crippen molar-refractivity contribution in [1.29, 1.82) is 0 Å². The predicted octanol–water partition coefficient (Wildman–Crippen LogP) is 0.547. The number of hydrogen-bond acceptors (Lipinski definition) is 7. The first-order chi connectivity index (χ1) is 13.8. The summed E-state index contributed by atoms with van der Waals surface area (Å²) in [5.74, 6) is 0.529. The molecule has 3 heterocycles. The topological polar surface area (TPSA) is 130 Å². The molecule has 29 heavy (non-hydrogen) atoms. The van der Waals surface area contributed by atoms with Crippen LogP contribution in [0.2, 0.25) is 0 Å². The Bertz CT molecular complexity index is 1230. The van der Waals surface area contributed by atoms with Crippen molar-refractivity contribution in [2.45, 2.75) is 30.8 Å². The number of aromatic nitrogens is 4. The number of sulfonamides is 1. The van der Waals surface area contributed by atoms with E-state index in [1.165, 1.54) is 34.3 Å². The van der Waals surface area contributed by atoms with Gasteiger partial charge < -0.3 is 9.84 Å². The Morgan fingerprint density at radius 1 is 1.28 bits per heavy atom. The normalized spacial score (nSPS) is 16.4. The first-order valence-corrected chi connectivity index (χ1v) is 10.6. The number of benzene rings is 1. The van der Waals surface area contributed by atoms with Crippen molar-refractivity contribution >= 4 is 15.7 Å². The Labute approximate surface area is 166 Å². The SMILES string of the molecule is COc1cc(S(=O)(=O)N2CCC(O)CC2)ccc1-c1nc2c(C)ncn2c(=O)[nH]1. The first kappa shape index (κ1) is 19.6. The average molecular weight is 419 g/mol. The predicted molar refractivity (Wildman–Crippen MR) is 104 cm³/mol. The summed E-state index contributed by atoms with van der Waals surface area (Å²) in [6.45, 7) is 2.27. The summed E-state index contributed by atoms with van der Waals surface area (Å²) < 4.78 is 34.0. The van der Waals surface area contributed by atoms with Crippen LogP contribution in [0.25, 0.3) is 17.0 Å². The van der Waals surface area contributed by atoms with Crippen LogP contribution in [0.3, 0.4) is 0 Å². The van der Waals surface area contributed by atoms with Crippen molar-refractivity contribution in [3.8, 4) is 17.1 Å². The monoisotopic (exact) mass is 419 g/mol. The molecule has 1 aliphatic heterocycles. The number of aryl methyl sites for hydroxylation is 1. The van der Waals surface area contributed by atoms with Gasteiger partial charge in [0.25, 0.3) is 0 Å². The van der Waals surface area contributed by atoms with Crippen molar-refractivity contribution in [1.82, 2.24) is 23.7 Å². The lowest BCUT2D eigenvalue weighted by molar-refractivity contribution is 0.113. The van der Waals surface area contributed by atoms with E-state index in [1.807, 2.05) is 0 Å². The van der Waals surface area contributed by atoms with Gasteiger partial charge in [-0.2, -0.15) is 4.31 Å². The number of rotatable bonds is 4. The van der Waals surface area contributed by atoms with Gasteiger partial charge in [-0.1, -0.05) is 0 Å². The Morgan fingerprint density at radius 3 is 2.69 bits per heavy atom. The third-order valence-corrected chi connectivity index (χ3v) is 6.96. The van der Waals surface area contributed by atoms with Gasteiger partial charge in [0.15, 0.2) is 5.65 Å². The lowest BCUT2D eigenvalue weighted by Gasteiger charge is -2.28. The Morgan fingerprint density at radius 2 is 2.00 bits per heavy atom. The molecule has 1 aromatic carbocycles. The minimum atomic E-state index is -3.72. The number of nitrogens with one attached hydrogen (secondary N) is 1. The minimum absolute atomic E-state index is 0.0819. The molecule has 0 amide bonds. The highest BCUT2D eigenvalue weighted by molar-refractivity contribution is 7.89. The Hall–Kier alpha value is -2.76. The lowest BCUT2D eigenvalue weighted by Crippen LogP contribution is -2.39. The highest BCUT2D eigenvalue weighted by atomic mass is 32.2. The summed E-state index contributed by atoms with van der Waals surface area (Å²) in [5.41, 5.74) is 1.06. The molecule has 4 rings (SSSR count). The summed E-state index contributed by atoms with van der Waals surface area (Å²) in [6, 6.07) is 4.44. The van der Waals surface area contributed by atoms with Gasteiger partial charge in [-0.25, -0.2) is 27.6 Å². The smallest absolute Gasteiger partial charge is 0.334 e. The molecular weight excluding hydrogens is 398 g/mol. The number of nitrogens with zero attached hydrogens (tertiary/aromatic N) is 4. The number of hydrogen-bond donors (Lipinski definition) is 2. The number of H-pyrrole nitrogens is 1. The molecule has 0 radical (unpaired) electrons. The Kier molecular flexibility index (Phi) is 4.89. The second-order valence-electron chi connectivity index (χ2n) is 6.91. The fraction of sp³-hybridized carbons (Fsp3) is 0.389. The molecule has 0 atom stereocenters. The summed E-state index contributed by atoms with van der Waals surface area (Å²) in [6.07, 6.45) is 1.74. The van der Waals surface area contributed by atoms with Crippen LogP contribution in [0, 0.1) is 6.92 Å². The maximum Gasteiger partial charge on any atom is 0.334 e. The van der Waals surface area contributed by atoms with E-state index in [0.717, 1.165) is 0 Å². The number of aromatic amines is 1. The molecule has 11 heteroatoms. The summed E-state index contributed by atoms with van der Waals surface area (Å²) >= 11 is 0. The number of aliphatic hydroxyl groups is 1. The Balaban J connectivity index is 1.76. The third-order valence-electron chi connectivity index (χ3n) is 5.07. The highest BCUT2D eigenvalue weighted by Crippen LogP contribution is 2.31. The molecule has 1 aliphatic rings. The number of fused-ring (bicyclic) bond motifs is 1. The number of piperidine rings is 1. The lowest BCUT2D eigenvalue weighted by atomic mass is 10.1. The van der Waals surface area contributed by atoms with Gasteiger partial charge in [0.2, 0.25) is 10.0 Å². The molecule has 10 nitrogen and oxygen atoms in total. The fourth-order valence-electron chi connectivity index (χ4n) is 3.40. The highest BCUT2D eigenvalue weighted by Gasteiger charge is 2.29. The van der Waals surface area contributed by atoms with E-state index < -0.39 is 21.8 Å². The van der Waals surface area contributed by atoms with E-state index in [2.05, 4.69) is 15.0 Å². The van der Waals surface area contributed by atoms with E-state index in [0.29, 0.717) is 29.7 Å². The van der Waals surface area contributed by atoms with Gasteiger partial charge >= 0.3 is 5.69 Å². The van der Waals surface area contributed by atoms with Crippen LogP contribution < -0.4 is 10.4 Å². The van der Waals surface area contributed by atoms with E-state index in [-0.39, 0.29) is 29.6 Å². The molecule has 3 aromatic rings. The van der Waals surface area contributed by atoms with Crippen molar-refractivity contribution < 1.29 is 18.3 Å². The van der Waals surface area contributed by atoms with Gasteiger partial charge in [0, 0.05) is 19.2 Å². The largest absolute Gasteiger partial charge is 0.496 e. The number of imidazole rings is 1. The molecule has 1 fully saturated rings. The molecule has 0 spiro atoms. The minimum Gasteiger partial charge on any atom is -0.496 e.